The van der Waals surface area contributed by atoms with Crippen molar-refractivity contribution in [1.29, 1.82) is 5.26 Å². The van der Waals surface area contributed by atoms with Crippen molar-refractivity contribution in [3.8, 4) is 6.07 Å². The number of hydrogen-bond acceptors (Lipinski definition) is 2. The zero-order chi connectivity index (χ0) is 18.1. The van der Waals surface area contributed by atoms with Crippen molar-refractivity contribution in [2.24, 2.45) is 10.8 Å². The van der Waals surface area contributed by atoms with Gasteiger partial charge < -0.3 is 5.11 Å². The van der Waals surface area contributed by atoms with E-state index in [4.69, 9.17) is 16.9 Å². The first-order valence-electron chi connectivity index (χ1n) is 9.39. The molecule has 3 fully saturated rings. The van der Waals surface area contributed by atoms with Crippen LogP contribution in [0.15, 0.2) is 18.2 Å². The van der Waals surface area contributed by atoms with Gasteiger partial charge in [0, 0.05) is 10.9 Å². The minimum absolute atomic E-state index is 0.0469. The van der Waals surface area contributed by atoms with Crippen molar-refractivity contribution in [2.45, 2.75) is 70.6 Å². The quantitative estimate of drug-likeness (QED) is 0.642. The number of fused-ring (bicyclic) bond motifs is 3. The Kier molecular flexibility index (Phi) is 5.11. The van der Waals surface area contributed by atoms with Crippen LogP contribution in [0.25, 0.3) is 0 Å². The monoisotopic (exact) mass is 359 g/mol. The average Bonchev–Trinajstić information content (AvgIpc) is 2.62. The maximum Gasteiger partial charge on any atom is 0.310 e. The van der Waals surface area contributed by atoms with Crippen LogP contribution in [0.3, 0.4) is 0 Å². The second-order valence-corrected chi connectivity index (χ2v) is 8.43. The van der Waals surface area contributed by atoms with E-state index in [2.05, 4.69) is 13.0 Å². The van der Waals surface area contributed by atoms with E-state index in [0.29, 0.717) is 10.6 Å². The largest absolute Gasteiger partial charge is 0.481 e. The molecule has 0 spiro atoms. The Morgan fingerprint density at radius 2 is 2.04 bits per heavy atom. The van der Waals surface area contributed by atoms with Gasteiger partial charge in [0.05, 0.1) is 17.0 Å². The number of rotatable bonds is 6. The lowest BCUT2D eigenvalue weighted by atomic mass is 9.47. The van der Waals surface area contributed by atoms with Gasteiger partial charge in [-0.2, -0.15) is 5.26 Å². The number of nitriles is 1. The predicted molar refractivity (Wildman–Crippen MR) is 98.6 cm³/mol. The number of carbonyl (C=O) groups is 1. The summed E-state index contributed by atoms with van der Waals surface area (Å²) in [6, 6.07) is 7.44. The zero-order valence-corrected chi connectivity index (χ0v) is 15.6. The van der Waals surface area contributed by atoms with E-state index < -0.39 is 11.4 Å². The second-order valence-electron chi connectivity index (χ2n) is 8.02. The van der Waals surface area contributed by atoms with E-state index in [1.807, 2.05) is 6.07 Å². The van der Waals surface area contributed by atoms with Gasteiger partial charge in [-0.1, -0.05) is 43.9 Å². The van der Waals surface area contributed by atoms with Crippen LogP contribution in [0.5, 0.6) is 0 Å². The molecule has 3 aliphatic carbocycles. The molecule has 1 atom stereocenters. The minimum Gasteiger partial charge on any atom is -0.481 e. The highest BCUT2D eigenvalue weighted by Crippen LogP contribution is 2.65. The molecule has 3 saturated carbocycles. The fraction of sp³-hybridized carbons (Fsp3) is 0.619. The normalized spacial score (nSPS) is 30.8. The molecule has 2 bridgehead atoms. The number of benzene rings is 1. The summed E-state index contributed by atoms with van der Waals surface area (Å²) in [5.41, 5.74) is 1.03. The fourth-order valence-electron chi connectivity index (χ4n) is 5.16. The molecule has 0 saturated heterocycles. The molecule has 0 heterocycles. The Morgan fingerprint density at radius 1 is 1.32 bits per heavy atom. The van der Waals surface area contributed by atoms with Gasteiger partial charge in [0.15, 0.2) is 0 Å². The summed E-state index contributed by atoms with van der Waals surface area (Å²) >= 11 is 6.47. The van der Waals surface area contributed by atoms with Crippen molar-refractivity contribution in [3.05, 3.63) is 34.3 Å². The van der Waals surface area contributed by atoms with Crippen LogP contribution < -0.4 is 0 Å². The van der Waals surface area contributed by atoms with Crippen molar-refractivity contribution < 1.29 is 9.90 Å². The Morgan fingerprint density at radius 3 is 2.60 bits per heavy atom. The summed E-state index contributed by atoms with van der Waals surface area (Å²) in [5, 5.41) is 19.6. The highest BCUT2D eigenvalue weighted by molar-refractivity contribution is 6.31. The summed E-state index contributed by atoms with van der Waals surface area (Å²) in [6.45, 7) is 2.22. The second kappa shape index (κ2) is 7.00. The lowest BCUT2D eigenvalue weighted by molar-refractivity contribution is -0.162. The number of carboxylic acid groups (broad SMARTS) is 1. The number of carboxylic acids is 1. The van der Waals surface area contributed by atoms with Gasteiger partial charge in [-0.05, 0) is 61.6 Å². The molecule has 0 aliphatic heterocycles. The lowest BCUT2D eigenvalue weighted by Crippen LogP contribution is -2.50. The Bertz CT molecular complexity index is 698. The SMILES string of the molecule is CCCCCC12CCC(C(=O)O)(CC1)C(c1ccc(C#N)cc1Cl)C2. The van der Waals surface area contributed by atoms with Crippen LogP contribution in [0.1, 0.15) is 81.8 Å². The van der Waals surface area contributed by atoms with Crippen molar-refractivity contribution in [3.63, 3.8) is 0 Å². The molecule has 1 unspecified atom stereocenters. The summed E-state index contributed by atoms with van der Waals surface area (Å²) in [4.78, 5) is 12.2. The van der Waals surface area contributed by atoms with E-state index in [9.17, 15) is 9.90 Å². The molecule has 0 radical (unpaired) electrons. The molecule has 4 rings (SSSR count). The smallest absolute Gasteiger partial charge is 0.310 e. The number of unbranched alkanes of at least 4 members (excludes halogenated alkanes) is 2. The van der Waals surface area contributed by atoms with Crippen LogP contribution in [-0.4, -0.2) is 11.1 Å². The topological polar surface area (TPSA) is 61.1 Å². The molecular formula is C21H26ClNO2. The molecule has 25 heavy (non-hydrogen) atoms. The van der Waals surface area contributed by atoms with Crippen molar-refractivity contribution in [1.82, 2.24) is 0 Å². The van der Waals surface area contributed by atoms with Gasteiger partial charge in [0.1, 0.15) is 0 Å². The highest BCUT2D eigenvalue weighted by Gasteiger charge is 2.58. The van der Waals surface area contributed by atoms with Gasteiger partial charge >= 0.3 is 5.97 Å². The van der Waals surface area contributed by atoms with Gasteiger partial charge in [0.2, 0.25) is 0 Å². The molecule has 1 aromatic rings. The number of halogens is 1. The maximum absolute atomic E-state index is 12.2. The first-order chi connectivity index (χ1) is 12.0. The van der Waals surface area contributed by atoms with Crippen LogP contribution in [0.4, 0.5) is 0 Å². The van der Waals surface area contributed by atoms with E-state index in [-0.39, 0.29) is 11.3 Å². The van der Waals surface area contributed by atoms with Crippen molar-refractivity contribution in [2.75, 3.05) is 0 Å². The fourth-order valence-corrected chi connectivity index (χ4v) is 5.47. The van der Waals surface area contributed by atoms with Gasteiger partial charge in [-0.3, -0.25) is 4.79 Å². The molecule has 0 aromatic heterocycles. The zero-order valence-electron chi connectivity index (χ0n) is 14.9. The average molecular weight is 360 g/mol. The summed E-state index contributed by atoms with van der Waals surface area (Å²) in [6.07, 6.45) is 9.32. The lowest BCUT2D eigenvalue weighted by Gasteiger charge is -2.56. The first-order valence-corrected chi connectivity index (χ1v) is 9.77. The Labute approximate surface area is 155 Å². The minimum atomic E-state index is -0.690. The van der Waals surface area contributed by atoms with Crippen LogP contribution >= 0.6 is 11.6 Å². The van der Waals surface area contributed by atoms with Crippen molar-refractivity contribution >= 4 is 17.6 Å². The summed E-state index contributed by atoms with van der Waals surface area (Å²) in [7, 11) is 0. The van der Waals surface area contributed by atoms with Gasteiger partial charge in [-0.25, -0.2) is 0 Å². The van der Waals surface area contributed by atoms with E-state index in [1.54, 1.807) is 12.1 Å². The molecular weight excluding hydrogens is 334 g/mol. The molecule has 1 N–H and O–H groups in total. The first kappa shape index (κ1) is 18.3. The molecule has 3 aliphatic rings. The van der Waals surface area contributed by atoms with Crippen LogP contribution in [0, 0.1) is 22.2 Å². The highest BCUT2D eigenvalue weighted by atomic mass is 35.5. The molecule has 0 amide bonds. The third kappa shape index (κ3) is 3.17. The van der Waals surface area contributed by atoms with Crippen LogP contribution in [-0.2, 0) is 4.79 Å². The van der Waals surface area contributed by atoms with E-state index >= 15 is 0 Å². The summed E-state index contributed by atoms with van der Waals surface area (Å²) < 4.78 is 0. The number of nitrogens with zero attached hydrogens (tertiary/aromatic N) is 1. The third-order valence-electron chi connectivity index (χ3n) is 6.75. The van der Waals surface area contributed by atoms with Crippen LogP contribution in [0.2, 0.25) is 5.02 Å². The molecule has 4 heteroatoms. The Balaban J connectivity index is 1.95. The van der Waals surface area contributed by atoms with E-state index in [0.717, 1.165) is 37.7 Å². The maximum atomic E-state index is 12.2. The standard InChI is InChI=1S/C21H26ClNO2/c1-2-3-4-7-20-8-10-21(11-9-20,19(24)25)17(13-20)16-6-5-15(14-23)12-18(16)22/h5-6,12,17H,2-4,7-11,13H2,1H3,(H,24,25). The number of hydrogen-bond donors (Lipinski definition) is 1. The predicted octanol–water partition coefficient (Wildman–Crippen LogP) is 5.91. The van der Waals surface area contributed by atoms with E-state index in [1.165, 1.54) is 25.7 Å². The third-order valence-corrected chi connectivity index (χ3v) is 7.08. The summed E-state index contributed by atoms with van der Waals surface area (Å²) in [5.74, 6) is -0.728. The Hall–Kier alpha value is -1.53. The van der Waals surface area contributed by atoms with Gasteiger partial charge in [-0.15, -0.1) is 0 Å². The van der Waals surface area contributed by atoms with Gasteiger partial charge in [0.25, 0.3) is 0 Å². The molecule has 3 nitrogen and oxygen atoms in total. The number of aliphatic carboxylic acids is 1. The molecule has 1 aromatic carbocycles. The molecule has 134 valence electrons.